The highest BCUT2D eigenvalue weighted by Crippen LogP contribution is 2.47. The van der Waals surface area contributed by atoms with Gasteiger partial charge in [-0.2, -0.15) is 0 Å². The second-order valence-electron chi connectivity index (χ2n) is 14.1. The van der Waals surface area contributed by atoms with Gasteiger partial charge >= 0.3 is 13.8 Å². The summed E-state index contributed by atoms with van der Waals surface area (Å²) in [6, 6.07) is 0. The van der Waals surface area contributed by atoms with Crippen molar-refractivity contribution in [1.29, 1.82) is 0 Å². The minimum absolute atomic E-state index is 0.0768. The van der Waals surface area contributed by atoms with Crippen LogP contribution >= 0.6 is 7.82 Å². The molecule has 302 valence electrons. The summed E-state index contributed by atoms with van der Waals surface area (Å²) >= 11 is 0. The Balaban J connectivity index is 2.42. The third-order valence-corrected chi connectivity index (χ3v) is 10.4. The fourth-order valence-corrected chi connectivity index (χ4v) is 7.09. The lowest BCUT2D eigenvalue weighted by Crippen LogP contribution is -2.64. The Kier molecular flexibility index (Phi) is 28.7. The van der Waals surface area contributed by atoms with E-state index in [0.29, 0.717) is 13.0 Å². The molecule has 6 atom stereocenters. The number of carbonyl (C=O) groups is 1. The molecule has 1 saturated carbocycles. The molecule has 0 aromatic heterocycles. The van der Waals surface area contributed by atoms with Crippen LogP contribution in [0.4, 0.5) is 0 Å². The first-order valence-corrected chi connectivity index (χ1v) is 21.5. The van der Waals surface area contributed by atoms with E-state index in [9.17, 15) is 39.8 Å². The molecule has 6 N–H and O–H groups in total. The molecular weight excluding hydrogens is 679 g/mol. The molecule has 0 aliphatic heterocycles. The molecule has 0 amide bonds. The summed E-state index contributed by atoms with van der Waals surface area (Å²) in [5, 5.41) is 49.9. The number of ether oxygens (including phenoxy) is 2. The molecule has 1 aliphatic carbocycles. The van der Waals surface area contributed by atoms with E-state index in [4.69, 9.17) is 18.5 Å². The highest BCUT2D eigenvalue weighted by Gasteiger charge is 2.51. The molecule has 1 rings (SSSR count). The van der Waals surface area contributed by atoms with Crippen molar-refractivity contribution < 1.29 is 58.3 Å². The lowest BCUT2D eigenvalue weighted by atomic mass is 9.85. The van der Waals surface area contributed by atoms with Gasteiger partial charge in [0.05, 0.1) is 13.2 Å². The van der Waals surface area contributed by atoms with Crippen LogP contribution in [0.1, 0.15) is 162 Å². The summed E-state index contributed by atoms with van der Waals surface area (Å²) in [5.41, 5.74) is 0. The number of allylic oxidation sites excluding steroid dienone is 2. The molecule has 0 saturated heterocycles. The third-order valence-electron chi connectivity index (χ3n) is 9.39. The molecule has 0 heterocycles. The highest BCUT2D eigenvalue weighted by molar-refractivity contribution is 7.47. The second kappa shape index (κ2) is 30.4. The number of carbonyl (C=O) groups excluding carboxylic acids is 1. The molecule has 1 aliphatic rings. The van der Waals surface area contributed by atoms with Gasteiger partial charge in [0.2, 0.25) is 0 Å². The van der Waals surface area contributed by atoms with Gasteiger partial charge in [-0.15, -0.1) is 0 Å². The minimum atomic E-state index is -5.00. The van der Waals surface area contributed by atoms with Gasteiger partial charge in [-0.3, -0.25) is 13.8 Å². The minimum Gasteiger partial charge on any atom is -0.457 e. The predicted octanol–water partition coefficient (Wildman–Crippen LogP) is 6.80. The zero-order valence-electron chi connectivity index (χ0n) is 31.7. The first kappa shape index (κ1) is 48.1. The van der Waals surface area contributed by atoms with Gasteiger partial charge in [0, 0.05) is 13.0 Å². The molecule has 0 radical (unpaired) electrons. The summed E-state index contributed by atoms with van der Waals surface area (Å²) in [7, 11) is -5.00. The average Bonchev–Trinajstić information content (AvgIpc) is 3.11. The maximum atomic E-state index is 12.7. The first-order chi connectivity index (χ1) is 24.5. The van der Waals surface area contributed by atoms with Crippen molar-refractivity contribution in [2.75, 3.05) is 19.8 Å². The van der Waals surface area contributed by atoms with Crippen LogP contribution in [0.5, 0.6) is 0 Å². The van der Waals surface area contributed by atoms with Crippen LogP contribution in [-0.2, 0) is 27.9 Å². The Morgan fingerprint density at radius 1 is 0.608 bits per heavy atom. The number of phosphoric ester groups is 1. The maximum Gasteiger partial charge on any atom is 0.472 e. The van der Waals surface area contributed by atoms with Crippen LogP contribution in [0.25, 0.3) is 0 Å². The number of aliphatic hydroxyl groups excluding tert-OH is 5. The number of esters is 1. The van der Waals surface area contributed by atoms with Crippen LogP contribution in [0, 0.1) is 0 Å². The summed E-state index contributed by atoms with van der Waals surface area (Å²) in [4.78, 5) is 22.9. The van der Waals surface area contributed by atoms with Crippen LogP contribution < -0.4 is 0 Å². The zero-order chi connectivity index (χ0) is 37.7. The second-order valence-corrected chi connectivity index (χ2v) is 15.5. The van der Waals surface area contributed by atoms with Gasteiger partial charge in [0.25, 0.3) is 0 Å². The lowest BCUT2D eigenvalue weighted by Gasteiger charge is -2.41. The van der Waals surface area contributed by atoms with E-state index in [2.05, 4.69) is 26.0 Å². The van der Waals surface area contributed by atoms with Crippen molar-refractivity contribution in [3.05, 3.63) is 12.2 Å². The van der Waals surface area contributed by atoms with Gasteiger partial charge in [-0.25, -0.2) is 4.57 Å². The van der Waals surface area contributed by atoms with Crippen molar-refractivity contribution >= 4 is 13.8 Å². The summed E-state index contributed by atoms with van der Waals surface area (Å²) in [6.45, 7) is 4.18. The number of hydrogen-bond donors (Lipinski definition) is 6. The number of rotatable bonds is 33. The van der Waals surface area contributed by atoms with E-state index < -0.39 is 63.1 Å². The van der Waals surface area contributed by atoms with Gasteiger partial charge in [0.15, 0.2) is 0 Å². The quantitative estimate of drug-likeness (QED) is 0.0178. The lowest BCUT2D eigenvalue weighted by molar-refractivity contribution is -0.220. The summed E-state index contributed by atoms with van der Waals surface area (Å²) in [6.07, 6.45) is 17.4. The van der Waals surface area contributed by atoms with Gasteiger partial charge in [0.1, 0.15) is 42.7 Å². The number of hydrogen-bond acceptors (Lipinski definition) is 11. The highest BCUT2D eigenvalue weighted by atomic mass is 31.2. The first-order valence-electron chi connectivity index (χ1n) is 20.0. The van der Waals surface area contributed by atoms with E-state index in [1.165, 1.54) is 83.5 Å². The van der Waals surface area contributed by atoms with Crippen molar-refractivity contribution in [3.63, 3.8) is 0 Å². The molecule has 51 heavy (non-hydrogen) atoms. The number of unbranched alkanes of at least 4 members (excludes halogenated alkanes) is 19. The van der Waals surface area contributed by atoms with Crippen molar-refractivity contribution in [3.8, 4) is 0 Å². The summed E-state index contributed by atoms with van der Waals surface area (Å²) < 4.78 is 33.9. The van der Waals surface area contributed by atoms with Crippen LogP contribution in [0.3, 0.4) is 0 Å². The van der Waals surface area contributed by atoms with Gasteiger partial charge in [-0.05, 0) is 38.5 Å². The van der Waals surface area contributed by atoms with E-state index in [1.807, 2.05) is 0 Å². The molecule has 6 unspecified atom stereocenters. The Bertz CT molecular complexity index is 905. The SMILES string of the molecule is CCCCCCCC/C=C\CCCCCCCCOCC(COP(=O)(O)OC1C(O)C(O)C(O)C(O)C1O)OC(=O)CCCCCCCCCC. The fraction of sp³-hybridized carbons (Fsp3) is 0.921. The number of aliphatic hydroxyl groups is 5. The van der Waals surface area contributed by atoms with Crippen LogP contribution in [0.15, 0.2) is 12.2 Å². The molecule has 0 aromatic carbocycles. The van der Waals surface area contributed by atoms with E-state index in [0.717, 1.165) is 51.4 Å². The standard InChI is InChI=1S/C38H73O12P/c1-3-5-7-9-11-13-14-15-16-17-18-19-20-22-24-26-28-47-29-31(49-32(39)27-25-23-21-12-10-8-6-4-2)30-48-51(45,46)50-38-36(43)34(41)33(40)35(42)37(38)44/h15-16,31,33-38,40-44H,3-14,17-30H2,1-2H3,(H,45,46)/b16-15-. The zero-order valence-corrected chi connectivity index (χ0v) is 32.6. The van der Waals surface area contributed by atoms with Crippen molar-refractivity contribution in [2.45, 2.75) is 204 Å². The maximum absolute atomic E-state index is 12.7. The molecule has 13 heteroatoms. The Morgan fingerprint density at radius 3 is 1.55 bits per heavy atom. The van der Waals surface area contributed by atoms with Crippen molar-refractivity contribution in [2.24, 2.45) is 0 Å². The molecule has 0 bridgehead atoms. The van der Waals surface area contributed by atoms with E-state index >= 15 is 0 Å². The average molecular weight is 753 g/mol. The Hall–Kier alpha value is -0.920. The van der Waals surface area contributed by atoms with Crippen LogP contribution in [-0.4, -0.2) is 98.9 Å². The van der Waals surface area contributed by atoms with E-state index in [-0.39, 0.29) is 13.0 Å². The fourth-order valence-electron chi connectivity index (χ4n) is 6.11. The van der Waals surface area contributed by atoms with Crippen LogP contribution in [0.2, 0.25) is 0 Å². The molecule has 1 fully saturated rings. The molecule has 0 spiro atoms. The van der Waals surface area contributed by atoms with Crippen molar-refractivity contribution in [1.82, 2.24) is 0 Å². The van der Waals surface area contributed by atoms with E-state index in [1.54, 1.807) is 0 Å². The van der Waals surface area contributed by atoms with Gasteiger partial charge < -0.3 is 39.9 Å². The topological polar surface area (TPSA) is 192 Å². The smallest absolute Gasteiger partial charge is 0.457 e. The largest absolute Gasteiger partial charge is 0.472 e. The third kappa shape index (κ3) is 23.5. The Morgan fingerprint density at radius 2 is 1.04 bits per heavy atom. The Labute approximate surface area is 307 Å². The normalized spacial score (nSPS) is 24.2. The molecular formula is C38H73O12P. The monoisotopic (exact) mass is 752 g/mol. The molecule has 12 nitrogen and oxygen atoms in total. The van der Waals surface area contributed by atoms with Gasteiger partial charge in [-0.1, -0.05) is 129 Å². The predicted molar refractivity (Wildman–Crippen MR) is 198 cm³/mol. The summed E-state index contributed by atoms with van der Waals surface area (Å²) in [5.74, 6) is -0.484. The number of phosphoric acid groups is 1. The molecule has 0 aromatic rings.